The van der Waals surface area contributed by atoms with E-state index in [4.69, 9.17) is 0 Å². The SMILES string of the molecule is CC(C)C(=O)NCCNC1CCCCC1(C)C. The number of hydrogen-bond acceptors (Lipinski definition) is 2. The quantitative estimate of drug-likeness (QED) is 0.724. The van der Waals surface area contributed by atoms with Gasteiger partial charge >= 0.3 is 0 Å². The van der Waals surface area contributed by atoms with E-state index in [-0.39, 0.29) is 11.8 Å². The van der Waals surface area contributed by atoms with E-state index in [0.717, 1.165) is 13.1 Å². The predicted octanol–water partition coefficient (Wildman–Crippen LogP) is 2.32. The largest absolute Gasteiger partial charge is 0.355 e. The summed E-state index contributed by atoms with van der Waals surface area (Å²) in [5.41, 5.74) is 0.403. The van der Waals surface area contributed by atoms with Gasteiger partial charge in [-0.2, -0.15) is 0 Å². The molecule has 0 radical (unpaired) electrons. The fourth-order valence-corrected chi connectivity index (χ4v) is 2.51. The molecule has 2 N–H and O–H groups in total. The van der Waals surface area contributed by atoms with Gasteiger partial charge in [-0.1, -0.05) is 40.5 Å². The Morgan fingerprint density at radius 3 is 2.59 bits per heavy atom. The van der Waals surface area contributed by atoms with Crippen LogP contribution in [0.25, 0.3) is 0 Å². The fraction of sp³-hybridized carbons (Fsp3) is 0.929. The second-order valence-electron chi connectivity index (χ2n) is 6.19. The average Bonchev–Trinajstić information content (AvgIpc) is 2.25. The van der Waals surface area contributed by atoms with Gasteiger partial charge in [0.25, 0.3) is 0 Å². The summed E-state index contributed by atoms with van der Waals surface area (Å²) in [4.78, 5) is 11.4. The molecule has 3 heteroatoms. The summed E-state index contributed by atoms with van der Waals surface area (Å²) in [6, 6.07) is 0.604. The summed E-state index contributed by atoms with van der Waals surface area (Å²) >= 11 is 0. The number of amides is 1. The molecule has 1 amide bonds. The lowest BCUT2D eigenvalue weighted by Crippen LogP contribution is -2.46. The highest BCUT2D eigenvalue weighted by Crippen LogP contribution is 2.35. The summed E-state index contributed by atoms with van der Waals surface area (Å²) < 4.78 is 0. The van der Waals surface area contributed by atoms with Crippen molar-refractivity contribution in [2.24, 2.45) is 11.3 Å². The first-order valence-corrected chi connectivity index (χ1v) is 6.94. The van der Waals surface area contributed by atoms with Gasteiger partial charge in [0.2, 0.25) is 5.91 Å². The molecule has 1 aliphatic rings. The fourth-order valence-electron chi connectivity index (χ4n) is 2.51. The molecule has 0 saturated heterocycles. The minimum Gasteiger partial charge on any atom is -0.355 e. The molecule has 1 unspecified atom stereocenters. The molecular formula is C14H28N2O. The standard InChI is InChI=1S/C14H28N2O/c1-11(2)13(17)16-10-9-15-12-7-5-6-8-14(12,3)4/h11-12,15H,5-10H2,1-4H3,(H,16,17). The van der Waals surface area contributed by atoms with E-state index in [0.29, 0.717) is 11.5 Å². The molecule has 0 heterocycles. The van der Waals surface area contributed by atoms with Crippen molar-refractivity contribution in [1.82, 2.24) is 10.6 Å². The van der Waals surface area contributed by atoms with E-state index in [1.54, 1.807) is 0 Å². The monoisotopic (exact) mass is 240 g/mol. The van der Waals surface area contributed by atoms with Crippen molar-refractivity contribution in [3.05, 3.63) is 0 Å². The second kappa shape index (κ2) is 6.39. The Hall–Kier alpha value is -0.570. The predicted molar refractivity (Wildman–Crippen MR) is 71.9 cm³/mol. The summed E-state index contributed by atoms with van der Waals surface area (Å²) in [6.45, 7) is 10.2. The van der Waals surface area contributed by atoms with Crippen molar-refractivity contribution >= 4 is 5.91 Å². The van der Waals surface area contributed by atoms with E-state index in [1.807, 2.05) is 13.8 Å². The zero-order chi connectivity index (χ0) is 12.9. The maximum absolute atomic E-state index is 11.4. The average molecular weight is 240 g/mol. The first-order valence-electron chi connectivity index (χ1n) is 6.94. The molecule has 0 aromatic heterocycles. The van der Waals surface area contributed by atoms with Gasteiger partial charge in [-0.15, -0.1) is 0 Å². The van der Waals surface area contributed by atoms with Gasteiger partial charge in [0.1, 0.15) is 0 Å². The van der Waals surface area contributed by atoms with Crippen LogP contribution in [-0.4, -0.2) is 25.0 Å². The van der Waals surface area contributed by atoms with Crippen molar-refractivity contribution in [1.29, 1.82) is 0 Å². The van der Waals surface area contributed by atoms with E-state index in [1.165, 1.54) is 25.7 Å². The third-order valence-electron chi connectivity index (χ3n) is 3.85. The molecule has 1 fully saturated rings. The summed E-state index contributed by atoms with van der Waals surface area (Å²) in [7, 11) is 0. The molecule has 0 aromatic carbocycles. The van der Waals surface area contributed by atoms with Gasteiger partial charge in [0, 0.05) is 25.0 Å². The topological polar surface area (TPSA) is 41.1 Å². The minimum absolute atomic E-state index is 0.0844. The minimum atomic E-state index is 0.0844. The first kappa shape index (κ1) is 14.5. The van der Waals surface area contributed by atoms with E-state index in [9.17, 15) is 4.79 Å². The molecule has 3 nitrogen and oxygen atoms in total. The molecule has 17 heavy (non-hydrogen) atoms. The van der Waals surface area contributed by atoms with Crippen LogP contribution in [0.4, 0.5) is 0 Å². The lowest BCUT2D eigenvalue weighted by molar-refractivity contribution is -0.123. The van der Waals surface area contributed by atoms with Crippen molar-refractivity contribution in [2.45, 2.75) is 59.4 Å². The molecule has 1 atom stereocenters. The number of nitrogens with one attached hydrogen (secondary N) is 2. The first-order chi connectivity index (χ1) is 7.93. The normalized spacial score (nSPS) is 23.7. The zero-order valence-corrected chi connectivity index (χ0v) is 11.8. The zero-order valence-electron chi connectivity index (χ0n) is 11.8. The van der Waals surface area contributed by atoms with Gasteiger partial charge < -0.3 is 10.6 Å². The molecule has 1 aliphatic carbocycles. The van der Waals surface area contributed by atoms with Crippen LogP contribution in [-0.2, 0) is 4.79 Å². The Balaban J connectivity index is 2.19. The van der Waals surface area contributed by atoms with Crippen molar-refractivity contribution in [3.8, 4) is 0 Å². The summed E-state index contributed by atoms with van der Waals surface area (Å²) in [6.07, 6.45) is 5.27. The molecule has 0 aliphatic heterocycles. The number of carbonyl (C=O) groups is 1. The lowest BCUT2D eigenvalue weighted by Gasteiger charge is -2.39. The Kier molecular flexibility index (Phi) is 5.44. The van der Waals surface area contributed by atoms with Crippen LogP contribution in [0.15, 0.2) is 0 Å². The Labute approximate surface area is 106 Å². The molecular weight excluding hydrogens is 212 g/mol. The van der Waals surface area contributed by atoms with Crippen molar-refractivity contribution in [2.75, 3.05) is 13.1 Å². The van der Waals surface area contributed by atoms with Crippen LogP contribution in [0.1, 0.15) is 53.4 Å². The second-order valence-corrected chi connectivity index (χ2v) is 6.19. The third kappa shape index (κ3) is 4.66. The summed E-state index contributed by atoms with van der Waals surface area (Å²) in [5.74, 6) is 0.232. The Bertz CT molecular complexity index is 249. The maximum atomic E-state index is 11.4. The van der Waals surface area contributed by atoms with Crippen molar-refractivity contribution < 1.29 is 4.79 Å². The van der Waals surface area contributed by atoms with Gasteiger partial charge in [-0.25, -0.2) is 0 Å². The lowest BCUT2D eigenvalue weighted by atomic mass is 9.73. The van der Waals surface area contributed by atoms with E-state index < -0.39 is 0 Å². The molecule has 0 bridgehead atoms. The smallest absolute Gasteiger partial charge is 0.222 e. The third-order valence-corrected chi connectivity index (χ3v) is 3.85. The molecule has 0 aromatic rings. The number of hydrogen-bond donors (Lipinski definition) is 2. The number of rotatable bonds is 5. The van der Waals surface area contributed by atoms with Crippen LogP contribution in [0.5, 0.6) is 0 Å². The van der Waals surface area contributed by atoms with Crippen molar-refractivity contribution in [3.63, 3.8) is 0 Å². The van der Waals surface area contributed by atoms with Crippen LogP contribution < -0.4 is 10.6 Å². The van der Waals surface area contributed by atoms with Gasteiger partial charge in [-0.3, -0.25) is 4.79 Å². The summed E-state index contributed by atoms with van der Waals surface area (Å²) in [5, 5.41) is 6.54. The molecule has 1 saturated carbocycles. The van der Waals surface area contributed by atoms with Crippen LogP contribution in [0.2, 0.25) is 0 Å². The highest BCUT2D eigenvalue weighted by Gasteiger charge is 2.31. The van der Waals surface area contributed by atoms with E-state index >= 15 is 0 Å². The van der Waals surface area contributed by atoms with Gasteiger partial charge in [0.05, 0.1) is 0 Å². The number of carbonyl (C=O) groups excluding carboxylic acids is 1. The Morgan fingerprint density at radius 2 is 2.00 bits per heavy atom. The van der Waals surface area contributed by atoms with E-state index in [2.05, 4.69) is 24.5 Å². The molecule has 0 spiro atoms. The maximum Gasteiger partial charge on any atom is 0.222 e. The molecule has 1 rings (SSSR count). The van der Waals surface area contributed by atoms with Crippen LogP contribution in [0.3, 0.4) is 0 Å². The highest BCUT2D eigenvalue weighted by atomic mass is 16.1. The highest BCUT2D eigenvalue weighted by molar-refractivity contribution is 5.77. The van der Waals surface area contributed by atoms with Crippen LogP contribution >= 0.6 is 0 Å². The van der Waals surface area contributed by atoms with Crippen LogP contribution in [0, 0.1) is 11.3 Å². The van der Waals surface area contributed by atoms with Gasteiger partial charge in [-0.05, 0) is 18.3 Å². The molecule has 100 valence electrons. The Morgan fingerprint density at radius 1 is 1.29 bits per heavy atom. The van der Waals surface area contributed by atoms with Gasteiger partial charge in [0.15, 0.2) is 0 Å².